The van der Waals surface area contributed by atoms with Gasteiger partial charge < -0.3 is 10.1 Å². The van der Waals surface area contributed by atoms with Crippen molar-refractivity contribution in [3.63, 3.8) is 0 Å². The number of nitrogens with one attached hydrogen (secondary N) is 1. The van der Waals surface area contributed by atoms with Crippen LogP contribution in [-0.4, -0.2) is 24.2 Å². The van der Waals surface area contributed by atoms with Crippen LogP contribution in [0.2, 0.25) is 5.15 Å². The fourth-order valence-electron chi connectivity index (χ4n) is 2.24. The van der Waals surface area contributed by atoms with E-state index in [1.807, 2.05) is 24.3 Å². The largest absolute Gasteiger partial charge is 0.490 e. The number of rotatable bonds is 5. The maximum Gasteiger partial charge on any atom is 0.138 e. The standard InChI is InChI=1S/C18H25ClN2O.2ClH/c1-18(2,3)9-5-4-7-14-11-16(12-21-17(14)19)22-13-15-8-6-10-20-15;;/h4-5,7,9,11-12,15,20H,6,8,10,13H2,1-3H3;2*1H/b7-4+,9-5+;;/t15-;;/m1../s1. The van der Waals surface area contributed by atoms with Gasteiger partial charge in [0, 0.05) is 11.6 Å². The number of allylic oxidation sites excluding steroid dienone is 3. The van der Waals surface area contributed by atoms with Crippen molar-refractivity contribution in [1.82, 2.24) is 10.3 Å². The summed E-state index contributed by atoms with van der Waals surface area (Å²) in [7, 11) is 0. The predicted octanol–water partition coefficient (Wildman–Crippen LogP) is 5.32. The first-order valence-electron chi connectivity index (χ1n) is 7.82. The number of halogens is 3. The number of nitrogens with zero attached hydrogens (tertiary/aromatic N) is 1. The lowest BCUT2D eigenvalue weighted by molar-refractivity contribution is 0.276. The number of hydrogen-bond donors (Lipinski definition) is 1. The highest BCUT2D eigenvalue weighted by molar-refractivity contribution is 6.30. The highest BCUT2D eigenvalue weighted by Gasteiger charge is 2.14. The maximum atomic E-state index is 6.14. The molecule has 1 N–H and O–H groups in total. The lowest BCUT2D eigenvalue weighted by atomic mass is 9.96. The Morgan fingerprint density at radius 2 is 2.08 bits per heavy atom. The zero-order valence-electron chi connectivity index (χ0n) is 14.4. The summed E-state index contributed by atoms with van der Waals surface area (Å²) < 4.78 is 5.81. The first-order chi connectivity index (χ1) is 10.4. The Morgan fingerprint density at radius 3 is 2.71 bits per heavy atom. The Hall–Kier alpha value is -0.740. The summed E-state index contributed by atoms with van der Waals surface area (Å²) in [5.74, 6) is 0.762. The number of ether oxygens (including phenoxy) is 1. The zero-order chi connectivity index (χ0) is 16.0. The van der Waals surface area contributed by atoms with Crippen LogP contribution in [0.3, 0.4) is 0 Å². The molecule has 2 heterocycles. The molecular weight excluding hydrogens is 367 g/mol. The van der Waals surface area contributed by atoms with Crippen LogP contribution in [0.4, 0.5) is 0 Å². The van der Waals surface area contributed by atoms with Gasteiger partial charge in [0.2, 0.25) is 0 Å². The molecule has 0 bridgehead atoms. The van der Waals surface area contributed by atoms with Crippen molar-refractivity contribution >= 4 is 42.5 Å². The van der Waals surface area contributed by atoms with Gasteiger partial charge in [-0.1, -0.05) is 56.7 Å². The van der Waals surface area contributed by atoms with Crippen LogP contribution < -0.4 is 10.1 Å². The van der Waals surface area contributed by atoms with E-state index in [1.54, 1.807) is 6.20 Å². The van der Waals surface area contributed by atoms with Gasteiger partial charge >= 0.3 is 0 Å². The van der Waals surface area contributed by atoms with Crippen molar-refractivity contribution in [1.29, 1.82) is 0 Å². The summed E-state index contributed by atoms with van der Waals surface area (Å²) in [6.45, 7) is 8.25. The van der Waals surface area contributed by atoms with Crippen molar-refractivity contribution in [2.45, 2.75) is 39.7 Å². The molecule has 1 saturated heterocycles. The van der Waals surface area contributed by atoms with Crippen LogP contribution in [0.25, 0.3) is 6.08 Å². The molecule has 0 aliphatic carbocycles. The molecule has 1 aromatic rings. The van der Waals surface area contributed by atoms with E-state index in [9.17, 15) is 0 Å². The lowest BCUT2D eigenvalue weighted by Gasteiger charge is -2.12. The minimum atomic E-state index is 0. The van der Waals surface area contributed by atoms with Gasteiger partial charge in [0.05, 0.1) is 6.20 Å². The van der Waals surface area contributed by atoms with Gasteiger partial charge in [-0.15, -0.1) is 24.8 Å². The molecule has 6 heteroatoms. The Balaban J connectivity index is 0.00000264. The van der Waals surface area contributed by atoms with Crippen LogP contribution in [0.5, 0.6) is 5.75 Å². The average Bonchev–Trinajstić information content (AvgIpc) is 2.96. The second-order valence-corrected chi connectivity index (χ2v) is 7.10. The van der Waals surface area contributed by atoms with E-state index in [4.69, 9.17) is 16.3 Å². The fraction of sp³-hybridized carbons (Fsp3) is 0.500. The van der Waals surface area contributed by atoms with Gasteiger partial charge in [0.15, 0.2) is 0 Å². The van der Waals surface area contributed by atoms with Gasteiger partial charge in [0.25, 0.3) is 0 Å². The van der Waals surface area contributed by atoms with Crippen LogP contribution in [-0.2, 0) is 0 Å². The molecule has 2 rings (SSSR count). The molecule has 1 fully saturated rings. The highest BCUT2D eigenvalue weighted by atomic mass is 35.5. The minimum Gasteiger partial charge on any atom is -0.490 e. The molecule has 136 valence electrons. The molecule has 1 aliphatic rings. The molecule has 0 spiro atoms. The average molecular weight is 394 g/mol. The van der Waals surface area contributed by atoms with Crippen LogP contribution in [0, 0.1) is 5.41 Å². The van der Waals surface area contributed by atoms with Gasteiger partial charge in [0.1, 0.15) is 17.5 Å². The second kappa shape index (κ2) is 11.0. The third-order valence-electron chi connectivity index (χ3n) is 3.44. The van der Waals surface area contributed by atoms with Crippen LogP contribution in [0.1, 0.15) is 39.2 Å². The van der Waals surface area contributed by atoms with Crippen LogP contribution in [0.15, 0.2) is 30.5 Å². The van der Waals surface area contributed by atoms with Crippen molar-refractivity contribution in [3.05, 3.63) is 41.2 Å². The number of hydrogen-bond acceptors (Lipinski definition) is 3. The molecule has 0 amide bonds. The Morgan fingerprint density at radius 1 is 1.33 bits per heavy atom. The Kier molecular flexibility index (Phi) is 10.6. The SMILES string of the molecule is CC(C)(C)/C=C/C=C/c1cc(OC[C@H]2CCCN2)cnc1Cl.Cl.Cl. The van der Waals surface area contributed by atoms with Gasteiger partial charge in [-0.3, -0.25) is 0 Å². The first kappa shape index (κ1) is 23.3. The molecule has 1 aromatic heterocycles. The number of aromatic nitrogens is 1. The topological polar surface area (TPSA) is 34.1 Å². The number of pyridine rings is 1. The Bertz CT molecular complexity index is 548. The van der Waals surface area contributed by atoms with E-state index in [1.165, 1.54) is 12.8 Å². The molecule has 1 atom stereocenters. The van der Waals surface area contributed by atoms with E-state index in [0.717, 1.165) is 17.9 Å². The van der Waals surface area contributed by atoms with E-state index >= 15 is 0 Å². The molecule has 0 aromatic carbocycles. The van der Waals surface area contributed by atoms with Crippen molar-refractivity contribution in [2.75, 3.05) is 13.2 Å². The van der Waals surface area contributed by atoms with Crippen molar-refractivity contribution in [3.8, 4) is 5.75 Å². The molecule has 0 radical (unpaired) electrons. The van der Waals surface area contributed by atoms with E-state index in [2.05, 4.69) is 37.1 Å². The molecule has 24 heavy (non-hydrogen) atoms. The summed E-state index contributed by atoms with van der Waals surface area (Å²) in [6, 6.07) is 2.38. The summed E-state index contributed by atoms with van der Waals surface area (Å²) >= 11 is 6.14. The Labute approximate surface area is 162 Å². The minimum absolute atomic E-state index is 0. The van der Waals surface area contributed by atoms with Crippen molar-refractivity contribution in [2.24, 2.45) is 5.41 Å². The summed E-state index contributed by atoms with van der Waals surface area (Å²) in [6.07, 6.45) is 12.2. The lowest BCUT2D eigenvalue weighted by Crippen LogP contribution is -2.28. The highest BCUT2D eigenvalue weighted by Crippen LogP contribution is 2.21. The van der Waals surface area contributed by atoms with E-state index in [-0.39, 0.29) is 30.2 Å². The van der Waals surface area contributed by atoms with E-state index < -0.39 is 0 Å². The van der Waals surface area contributed by atoms with Crippen molar-refractivity contribution < 1.29 is 4.74 Å². The first-order valence-corrected chi connectivity index (χ1v) is 8.19. The smallest absolute Gasteiger partial charge is 0.138 e. The molecular formula is C18H27Cl3N2O. The quantitative estimate of drug-likeness (QED) is 0.542. The molecule has 0 unspecified atom stereocenters. The third kappa shape index (κ3) is 8.39. The molecule has 1 aliphatic heterocycles. The fourth-order valence-corrected chi connectivity index (χ4v) is 2.41. The van der Waals surface area contributed by atoms with E-state index in [0.29, 0.717) is 17.8 Å². The van der Waals surface area contributed by atoms with Gasteiger partial charge in [-0.2, -0.15) is 0 Å². The molecule has 0 saturated carbocycles. The summed E-state index contributed by atoms with van der Waals surface area (Å²) in [4.78, 5) is 4.20. The van der Waals surface area contributed by atoms with Gasteiger partial charge in [-0.25, -0.2) is 4.98 Å². The monoisotopic (exact) mass is 392 g/mol. The molecule has 3 nitrogen and oxygen atoms in total. The summed E-state index contributed by atoms with van der Waals surface area (Å²) in [5.41, 5.74) is 1.04. The van der Waals surface area contributed by atoms with Gasteiger partial charge in [-0.05, 0) is 30.9 Å². The summed E-state index contributed by atoms with van der Waals surface area (Å²) in [5, 5.41) is 3.91. The normalized spacial score (nSPS) is 17.8. The van der Waals surface area contributed by atoms with Crippen LogP contribution >= 0.6 is 36.4 Å². The maximum absolute atomic E-state index is 6.14. The zero-order valence-corrected chi connectivity index (χ0v) is 16.8. The predicted molar refractivity (Wildman–Crippen MR) is 108 cm³/mol. The third-order valence-corrected chi connectivity index (χ3v) is 3.75. The second-order valence-electron chi connectivity index (χ2n) is 6.74.